The van der Waals surface area contributed by atoms with Crippen molar-refractivity contribution in [1.29, 1.82) is 0 Å². The molecule has 0 aromatic carbocycles. The van der Waals surface area contributed by atoms with Crippen LogP contribution in [0.4, 0.5) is 0 Å². The molecule has 9 heteroatoms. The number of esters is 1. The zero-order chi connectivity index (χ0) is 15.1. The largest absolute Gasteiger partial charge is 0.464 e. The van der Waals surface area contributed by atoms with Gasteiger partial charge in [0.25, 0.3) is 5.09 Å². The molecule has 0 rings (SSSR count). The molecular weight excluding hydrogens is 276 g/mol. The van der Waals surface area contributed by atoms with Gasteiger partial charge in [0, 0.05) is 5.75 Å². The van der Waals surface area contributed by atoms with Gasteiger partial charge < -0.3 is 14.9 Å². The van der Waals surface area contributed by atoms with E-state index in [2.05, 4.69) is 22.8 Å². The maximum absolute atomic E-state index is 11.9. The van der Waals surface area contributed by atoms with Gasteiger partial charge in [-0.25, -0.2) is 4.79 Å². The second kappa shape index (κ2) is 7.82. The molecule has 0 saturated heterocycles. The van der Waals surface area contributed by atoms with E-state index in [4.69, 9.17) is 4.74 Å². The van der Waals surface area contributed by atoms with Crippen LogP contribution in [-0.4, -0.2) is 42.0 Å². The van der Waals surface area contributed by atoms with Crippen LogP contribution in [0.5, 0.6) is 0 Å². The van der Waals surface area contributed by atoms with Crippen LogP contribution in [0, 0.1) is 15.5 Å². The van der Waals surface area contributed by atoms with Gasteiger partial charge in [0.2, 0.25) is 5.91 Å². The lowest BCUT2D eigenvalue weighted by Crippen LogP contribution is -2.49. The van der Waals surface area contributed by atoms with E-state index in [1.54, 1.807) is 6.92 Å². The lowest BCUT2D eigenvalue weighted by Gasteiger charge is -2.24. The molecule has 0 aromatic heterocycles. The number of carbonyl (C=O) groups excluding carboxylic acids is 2. The molecule has 0 spiro atoms. The molecule has 1 N–H and O–H groups in total. The highest BCUT2D eigenvalue weighted by Crippen LogP contribution is 2.16. The smallest absolute Gasteiger partial charge is 0.329 e. The van der Waals surface area contributed by atoms with E-state index in [0.29, 0.717) is 0 Å². The predicted octanol–water partition coefficient (Wildman–Crippen LogP) is 0.199. The minimum Gasteiger partial charge on any atom is -0.464 e. The summed E-state index contributed by atoms with van der Waals surface area (Å²) in [5.41, 5.74) is -1.15. The Balaban J connectivity index is 4.54. The molecule has 8 nitrogen and oxygen atoms in total. The molecule has 1 amide bonds. The monoisotopic (exact) mass is 294 g/mol. The van der Waals surface area contributed by atoms with Gasteiger partial charge in [0.05, 0.1) is 12.0 Å². The van der Waals surface area contributed by atoms with Crippen LogP contribution < -0.4 is 5.32 Å². The van der Waals surface area contributed by atoms with Gasteiger partial charge in [-0.05, 0) is 20.8 Å². The second-order valence-electron chi connectivity index (χ2n) is 4.34. The van der Waals surface area contributed by atoms with E-state index in [-0.39, 0.29) is 12.4 Å². The highest BCUT2D eigenvalue weighted by Gasteiger charge is 2.32. The van der Waals surface area contributed by atoms with Crippen LogP contribution in [0.2, 0.25) is 0 Å². The van der Waals surface area contributed by atoms with E-state index < -0.39 is 35.0 Å². The molecule has 1 atom stereocenters. The maximum atomic E-state index is 11.9. The third kappa shape index (κ3) is 6.27. The Morgan fingerprint density at radius 1 is 1.47 bits per heavy atom. The Kier molecular flexibility index (Phi) is 7.20. The normalized spacial score (nSPS) is 12.4. The Morgan fingerprint density at radius 3 is 2.47 bits per heavy atom. The summed E-state index contributed by atoms with van der Waals surface area (Å²) >= 11 is 3.95. The highest BCUT2D eigenvalue weighted by molar-refractivity contribution is 7.80. The molecule has 0 heterocycles. The quantitative estimate of drug-likeness (QED) is 0.286. The highest BCUT2D eigenvalue weighted by atomic mass is 32.1. The molecule has 0 fully saturated rings. The summed E-state index contributed by atoms with van der Waals surface area (Å²) < 4.78 is 4.76. The number of carbonyl (C=O) groups is 2. The summed E-state index contributed by atoms with van der Waals surface area (Å²) in [6.45, 7) is 4.35. The van der Waals surface area contributed by atoms with Gasteiger partial charge in [-0.1, -0.05) is 0 Å². The lowest BCUT2D eigenvalue weighted by atomic mass is 9.93. The topological polar surface area (TPSA) is 108 Å². The van der Waals surface area contributed by atoms with Crippen molar-refractivity contribution in [1.82, 2.24) is 5.32 Å². The van der Waals surface area contributed by atoms with Crippen LogP contribution >= 0.6 is 12.6 Å². The zero-order valence-corrected chi connectivity index (χ0v) is 11.9. The SMILES string of the molecule is CCOC(=O)[C@H](CS)NC(=O)C(C)(C)CO[N+](=O)[O-]. The fraction of sp³-hybridized carbons (Fsp3) is 0.800. The molecule has 0 aliphatic heterocycles. The third-order valence-corrected chi connectivity index (χ3v) is 2.57. The van der Waals surface area contributed by atoms with Gasteiger partial charge >= 0.3 is 5.97 Å². The summed E-state index contributed by atoms with van der Waals surface area (Å²) in [6, 6.07) is -0.898. The Morgan fingerprint density at radius 2 is 2.05 bits per heavy atom. The van der Waals surface area contributed by atoms with Crippen molar-refractivity contribution < 1.29 is 24.3 Å². The summed E-state index contributed by atoms with van der Waals surface area (Å²) in [5.74, 6) is -1.09. The summed E-state index contributed by atoms with van der Waals surface area (Å²) in [4.78, 5) is 37.7. The molecule has 110 valence electrons. The predicted molar refractivity (Wildman–Crippen MR) is 69.1 cm³/mol. The van der Waals surface area contributed by atoms with E-state index in [1.165, 1.54) is 13.8 Å². The molecular formula is C10H18N2O6S. The van der Waals surface area contributed by atoms with Crippen LogP contribution in [0.15, 0.2) is 0 Å². The van der Waals surface area contributed by atoms with E-state index >= 15 is 0 Å². The molecule has 0 saturated carbocycles. The van der Waals surface area contributed by atoms with Gasteiger partial charge in [-0.2, -0.15) is 12.6 Å². The number of thiol groups is 1. The Hall–Kier alpha value is -1.51. The van der Waals surface area contributed by atoms with Crippen LogP contribution in [0.25, 0.3) is 0 Å². The molecule has 19 heavy (non-hydrogen) atoms. The van der Waals surface area contributed by atoms with Crippen molar-refractivity contribution in [3.63, 3.8) is 0 Å². The van der Waals surface area contributed by atoms with Crippen molar-refractivity contribution in [2.24, 2.45) is 5.41 Å². The zero-order valence-electron chi connectivity index (χ0n) is 11.0. The van der Waals surface area contributed by atoms with E-state index in [1.807, 2.05) is 0 Å². The van der Waals surface area contributed by atoms with Crippen LogP contribution in [-0.2, 0) is 19.2 Å². The van der Waals surface area contributed by atoms with Crippen molar-refractivity contribution in [3.05, 3.63) is 10.1 Å². The van der Waals surface area contributed by atoms with Crippen LogP contribution in [0.1, 0.15) is 20.8 Å². The lowest BCUT2D eigenvalue weighted by molar-refractivity contribution is -0.760. The van der Waals surface area contributed by atoms with Crippen molar-refractivity contribution >= 4 is 24.5 Å². The fourth-order valence-electron chi connectivity index (χ4n) is 1.06. The minimum atomic E-state index is -1.15. The standard InChI is InChI=1S/C10H18N2O6S/c1-4-17-8(13)7(5-19)11-9(14)10(2,3)6-18-12(15)16/h7,19H,4-6H2,1-3H3,(H,11,14)/t7-/m0/s1. The summed E-state index contributed by atoms with van der Waals surface area (Å²) in [7, 11) is 0. The van der Waals surface area contributed by atoms with Gasteiger partial charge in [0.1, 0.15) is 12.6 Å². The van der Waals surface area contributed by atoms with Gasteiger partial charge in [-0.15, -0.1) is 10.1 Å². The minimum absolute atomic E-state index is 0.0662. The molecule has 0 aromatic rings. The van der Waals surface area contributed by atoms with Crippen LogP contribution in [0.3, 0.4) is 0 Å². The second-order valence-corrected chi connectivity index (χ2v) is 4.71. The maximum Gasteiger partial charge on any atom is 0.329 e. The van der Waals surface area contributed by atoms with Crippen molar-refractivity contribution in [3.8, 4) is 0 Å². The number of nitrogens with one attached hydrogen (secondary N) is 1. The first-order valence-corrected chi connectivity index (χ1v) is 6.23. The molecule has 0 radical (unpaired) electrons. The molecule has 0 unspecified atom stereocenters. The Bertz CT molecular complexity index is 347. The number of hydrogen-bond acceptors (Lipinski definition) is 7. The van der Waals surface area contributed by atoms with E-state index in [0.717, 1.165) is 0 Å². The number of amides is 1. The average molecular weight is 294 g/mol. The molecule has 0 bridgehead atoms. The molecule has 0 aliphatic carbocycles. The van der Waals surface area contributed by atoms with Crippen molar-refractivity contribution in [2.45, 2.75) is 26.8 Å². The number of hydrogen-bond donors (Lipinski definition) is 2. The number of ether oxygens (including phenoxy) is 1. The van der Waals surface area contributed by atoms with Gasteiger partial charge in [-0.3, -0.25) is 4.79 Å². The Labute approximate surface area is 116 Å². The number of rotatable bonds is 8. The average Bonchev–Trinajstić information content (AvgIpc) is 2.33. The number of nitrogens with zero attached hydrogens (tertiary/aromatic N) is 1. The first kappa shape index (κ1) is 17.5. The third-order valence-electron chi connectivity index (χ3n) is 2.20. The summed E-state index contributed by atoms with van der Waals surface area (Å²) in [5, 5.41) is 11.6. The first-order chi connectivity index (χ1) is 8.74. The van der Waals surface area contributed by atoms with Crippen molar-refractivity contribution in [2.75, 3.05) is 19.0 Å². The fourth-order valence-corrected chi connectivity index (χ4v) is 1.30. The van der Waals surface area contributed by atoms with E-state index in [9.17, 15) is 19.7 Å². The molecule has 0 aliphatic rings. The summed E-state index contributed by atoms with van der Waals surface area (Å²) in [6.07, 6.45) is 0. The van der Waals surface area contributed by atoms with Gasteiger partial charge in [0.15, 0.2) is 0 Å². The first-order valence-electron chi connectivity index (χ1n) is 5.60.